The molecule has 0 spiro atoms. The molecule has 26 heavy (non-hydrogen) atoms. The molecule has 1 N–H and O–H groups in total. The summed E-state index contributed by atoms with van der Waals surface area (Å²) in [5.41, 5.74) is -0.502. The van der Waals surface area contributed by atoms with Gasteiger partial charge in [0.25, 0.3) is 0 Å². The number of rotatable bonds is 5. The highest BCUT2D eigenvalue weighted by atomic mass is 16.6. The first-order valence-electron chi connectivity index (χ1n) is 10.2. The van der Waals surface area contributed by atoms with Crippen molar-refractivity contribution >= 4 is 12.0 Å². The van der Waals surface area contributed by atoms with Crippen LogP contribution in [0.25, 0.3) is 0 Å². The van der Waals surface area contributed by atoms with Crippen molar-refractivity contribution < 1.29 is 14.3 Å². The van der Waals surface area contributed by atoms with Crippen LogP contribution in [0.2, 0.25) is 0 Å². The summed E-state index contributed by atoms with van der Waals surface area (Å²) in [5, 5.41) is 3.07. The Morgan fingerprint density at radius 2 is 1.85 bits per heavy atom. The Hall–Kier alpha value is -1.30. The predicted molar refractivity (Wildman–Crippen MR) is 103 cm³/mol. The average Bonchev–Trinajstić information content (AvgIpc) is 2.57. The Bertz CT molecular complexity index is 475. The lowest BCUT2D eigenvalue weighted by Crippen LogP contribution is -2.47. The lowest BCUT2D eigenvalue weighted by molar-refractivity contribution is -0.126. The number of nitrogens with one attached hydrogen (secondary N) is 1. The van der Waals surface area contributed by atoms with Crippen LogP contribution >= 0.6 is 0 Å². The van der Waals surface area contributed by atoms with Crippen molar-refractivity contribution in [3.63, 3.8) is 0 Å². The van der Waals surface area contributed by atoms with Crippen molar-refractivity contribution in [2.45, 2.75) is 65.4 Å². The number of nitrogens with zero attached hydrogens (tertiary/aromatic N) is 2. The zero-order valence-corrected chi connectivity index (χ0v) is 17.1. The molecule has 2 rings (SSSR count). The van der Waals surface area contributed by atoms with Gasteiger partial charge >= 0.3 is 6.09 Å². The summed E-state index contributed by atoms with van der Waals surface area (Å²) in [6, 6.07) is 0. The monoisotopic (exact) mass is 367 g/mol. The third-order valence-electron chi connectivity index (χ3n) is 5.14. The highest BCUT2D eigenvalue weighted by molar-refractivity contribution is 5.80. The highest BCUT2D eigenvalue weighted by Crippen LogP contribution is 2.19. The fourth-order valence-electron chi connectivity index (χ4n) is 3.83. The molecule has 6 heteroatoms. The summed E-state index contributed by atoms with van der Waals surface area (Å²) in [6.07, 6.45) is 4.99. The molecule has 0 saturated carbocycles. The molecule has 0 aromatic rings. The van der Waals surface area contributed by atoms with Gasteiger partial charge in [0.1, 0.15) is 5.60 Å². The predicted octanol–water partition coefficient (Wildman–Crippen LogP) is 2.87. The lowest BCUT2D eigenvalue weighted by atomic mass is 9.97. The molecule has 2 unspecified atom stereocenters. The SMILES string of the molecule is CC1CCCN(CCCNC(=O)C2CCCN(C(=O)OC(C)(C)C)C2)C1. The summed E-state index contributed by atoms with van der Waals surface area (Å²) >= 11 is 0. The van der Waals surface area contributed by atoms with Crippen molar-refractivity contribution in [3.8, 4) is 0 Å². The molecule has 0 aliphatic carbocycles. The van der Waals surface area contributed by atoms with Crippen molar-refractivity contribution in [2.24, 2.45) is 11.8 Å². The number of carbonyl (C=O) groups excluding carboxylic acids is 2. The molecular weight excluding hydrogens is 330 g/mol. The molecule has 2 atom stereocenters. The van der Waals surface area contributed by atoms with E-state index < -0.39 is 5.60 Å². The third kappa shape index (κ3) is 7.14. The molecule has 0 bridgehead atoms. The van der Waals surface area contributed by atoms with Crippen LogP contribution in [0.15, 0.2) is 0 Å². The van der Waals surface area contributed by atoms with Crippen LogP contribution < -0.4 is 5.32 Å². The van der Waals surface area contributed by atoms with Crippen LogP contribution in [0.4, 0.5) is 4.79 Å². The van der Waals surface area contributed by atoms with Crippen LogP contribution in [0.3, 0.4) is 0 Å². The fraction of sp³-hybridized carbons (Fsp3) is 0.900. The molecule has 0 aromatic carbocycles. The molecule has 2 amide bonds. The van der Waals surface area contributed by atoms with Gasteiger partial charge in [0.05, 0.1) is 5.92 Å². The van der Waals surface area contributed by atoms with Gasteiger partial charge in [-0.25, -0.2) is 4.79 Å². The van der Waals surface area contributed by atoms with Crippen molar-refractivity contribution in [2.75, 3.05) is 39.3 Å². The lowest BCUT2D eigenvalue weighted by Gasteiger charge is -2.33. The van der Waals surface area contributed by atoms with Crippen molar-refractivity contribution in [3.05, 3.63) is 0 Å². The Morgan fingerprint density at radius 3 is 2.54 bits per heavy atom. The summed E-state index contributed by atoms with van der Waals surface area (Å²) in [4.78, 5) is 28.8. The highest BCUT2D eigenvalue weighted by Gasteiger charge is 2.30. The number of hydrogen-bond acceptors (Lipinski definition) is 4. The van der Waals surface area contributed by atoms with Crippen molar-refractivity contribution in [1.29, 1.82) is 0 Å². The van der Waals surface area contributed by atoms with Crippen LogP contribution in [0.5, 0.6) is 0 Å². The van der Waals surface area contributed by atoms with Gasteiger partial charge in [-0.3, -0.25) is 4.79 Å². The molecule has 2 aliphatic heterocycles. The van der Waals surface area contributed by atoms with Gasteiger partial charge in [-0.1, -0.05) is 6.92 Å². The average molecular weight is 368 g/mol. The summed E-state index contributed by atoms with van der Waals surface area (Å²) in [6.45, 7) is 13.2. The minimum Gasteiger partial charge on any atom is -0.444 e. The zero-order chi connectivity index (χ0) is 19.2. The number of hydrogen-bond donors (Lipinski definition) is 1. The molecular formula is C20H37N3O3. The smallest absolute Gasteiger partial charge is 0.410 e. The minimum absolute atomic E-state index is 0.0743. The van der Waals surface area contributed by atoms with Crippen LogP contribution in [-0.4, -0.2) is 66.7 Å². The second kappa shape index (κ2) is 9.58. The number of amides is 2. The molecule has 0 aromatic heterocycles. The number of ether oxygens (including phenoxy) is 1. The van der Waals surface area contributed by atoms with E-state index in [0.29, 0.717) is 19.6 Å². The maximum absolute atomic E-state index is 12.5. The maximum atomic E-state index is 12.5. The number of likely N-dealkylation sites (tertiary alicyclic amines) is 2. The first kappa shape index (κ1) is 21.0. The van der Waals surface area contributed by atoms with Gasteiger partial charge < -0.3 is 19.9 Å². The summed E-state index contributed by atoms with van der Waals surface area (Å²) < 4.78 is 5.43. The van der Waals surface area contributed by atoms with E-state index in [4.69, 9.17) is 4.74 Å². The van der Waals surface area contributed by atoms with E-state index in [1.807, 2.05) is 20.8 Å². The van der Waals surface area contributed by atoms with E-state index >= 15 is 0 Å². The van der Waals surface area contributed by atoms with E-state index in [1.54, 1.807) is 4.90 Å². The molecule has 150 valence electrons. The van der Waals surface area contributed by atoms with Crippen LogP contribution in [0, 0.1) is 11.8 Å². The maximum Gasteiger partial charge on any atom is 0.410 e. The Balaban J connectivity index is 1.67. The molecule has 2 fully saturated rings. The molecule has 2 heterocycles. The topological polar surface area (TPSA) is 61.9 Å². The summed E-state index contributed by atoms with van der Waals surface area (Å²) in [5.74, 6) is 0.746. The van der Waals surface area contributed by atoms with Gasteiger partial charge in [0.15, 0.2) is 0 Å². The second-order valence-corrected chi connectivity index (χ2v) is 8.96. The first-order chi connectivity index (χ1) is 12.2. The summed E-state index contributed by atoms with van der Waals surface area (Å²) in [7, 11) is 0. The molecule has 6 nitrogen and oxygen atoms in total. The largest absolute Gasteiger partial charge is 0.444 e. The van der Waals surface area contributed by atoms with E-state index in [0.717, 1.165) is 31.7 Å². The number of piperidine rings is 2. The Labute approximate surface area is 158 Å². The van der Waals surface area contributed by atoms with E-state index in [1.165, 1.54) is 25.9 Å². The molecule has 2 aliphatic rings. The second-order valence-electron chi connectivity index (χ2n) is 8.96. The quantitative estimate of drug-likeness (QED) is 0.759. The van der Waals surface area contributed by atoms with Crippen LogP contribution in [0.1, 0.15) is 59.8 Å². The standard InChI is InChI=1S/C20H37N3O3/c1-16-8-5-11-22(14-16)12-7-10-21-18(24)17-9-6-13-23(15-17)19(25)26-20(2,3)4/h16-17H,5-15H2,1-4H3,(H,21,24). The van der Waals surface area contributed by atoms with Gasteiger partial charge in [0, 0.05) is 26.2 Å². The molecule has 2 saturated heterocycles. The fourth-order valence-corrected chi connectivity index (χ4v) is 3.83. The van der Waals surface area contributed by atoms with Gasteiger partial charge in [-0.05, 0) is 71.9 Å². The van der Waals surface area contributed by atoms with Crippen molar-refractivity contribution in [1.82, 2.24) is 15.1 Å². The number of carbonyl (C=O) groups is 2. The normalized spacial score (nSPS) is 25.0. The zero-order valence-electron chi connectivity index (χ0n) is 17.1. The van der Waals surface area contributed by atoms with E-state index in [9.17, 15) is 9.59 Å². The van der Waals surface area contributed by atoms with E-state index in [-0.39, 0.29) is 17.9 Å². The van der Waals surface area contributed by atoms with E-state index in [2.05, 4.69) is 17.1 Å². The first-order valence-corrected chi connectivity index (χ1v) is 10.2. The van der Waals surface area contributed by atoms with Gasteiger partial charge in [0.2, 0.25) is 5.91 Å². The Kier molecular flexibility index (Phi) is 7.74. The van der Waals surface area contributed by atoms with Gasteiger partial charge in [-0.15, -0.1) is 0 Å². The Morgan fingerprint density at radius 1 is 1.12 bits per heavy atom. The molecule has 0 radical (unpaired) electrons. The minimum atomic E-state index is -0.502. The van der Waals surface area contributed by atoms with Gasteiger partial charge in [-0.2, -0.15) is 0 Å². The third-order valence-corrected chi connectivity index (χ3v) is 5.14. The van der Waals surface area contributed by atoms with Crippen LogP contribution in [-0.2, 0) is 9.53 Å².